The molecule has 11 nitrogen and oxygen atoms in total. The Labute approximate surface area is 137 Å². The molecular weight excluding hydrogens is 332 g/mol. The van der Waals surface area contributed by atoms with Crippen molar-refractivity contribution in [3.05, 3.63) is 0 Å². The van der Waals surface area contributed by atoms with Gasteiger partial charge in [-0.2, -0.15) is 0 Å². The smallest absolute Gasteiger partial charge is 0.187 e. The molecular formula is C13H24O11. The predicted octanol–water partition coefficient (Wildman–Crippen LogP) is -4.74. The minimum Gasteiger partial charge on any atom is -0.394 e. The Morgan fingerprint density at radius 1 is 0.750 bits per heavy atom. The highest BCUT2D eigenvalue weighted by molar-refractivity contribution is 4.93. The molecule has 142 valence electrons. The van der Waals surface area contributed by atoms with E-state index in [-0.39, 0.29) is 0 Å². The van der Waals surface area contributed by atoms with Gasteiger partial charge in [0.2, 0.25) is 0 Å². The van der Waals surface area contributed by atoms with Crippen molar-refractivity contribution < 1.29 is 54.7 Å². The van der Waals surface area contributed by atoms with Crippen LogP contribution in [0.3, 0.4) is 0 Å². The van der Waals surface area contributed by atoms with E-state index in [1.807, 2.05) is 0 Å². The second-order valence-corrected chi connectivity index (χ2v) is 5.74. The van der Waals surface area contributed by atoms with Gasteiger partial charge in [-0.3, -0.25) is 0 Å². The van der Waals surface area contributed by atoms with Crippen LogP contribution in [-0.4, -0.2) is 117 Å². The summed E-state index contributed by atoms with van der Waals surface area (Å²) in [6.07, 6.45) is -14.1. The third-order valence-electron chi connectivity index (χ3n) is 4.23. The molecule has 0 amide bonds. The van der Waals surface area contributed by atoms with Gasteiger partial charge in [-0.1, -0.05) is 0 Å². The van der Waals surface area contributed by atoms with Gasteiger partial charge in [0.05, 0.1) is 13.2 Å². The zero-order chi connectivity index (χ0) is 18.0. The normalized spacial score (nSPS) is 50.0. The second kappa shape index (κ2) is 8.29. The molecule has 0 unspecified atom stereocenters. The molecule has 0 aromatic carbocycles. The summed E-state index contributed by atoms with van der Waals surface area (Å²) < 4.78 is 20.6. The number of methoxy groups -OCH3 is 1. The van der Waals surface area contributed by atoms with Crippen LogP contribution in [0.5, 0.6) is 0 Å². The topological polar surface area (TPSA) is 179 Å². The molecule has 7 N–H and O–H groups in total. The van der Waals surface area contributed by atoms with Gasteiger partial charge in [-0.25, -0.2) is 0 Å². The first-order chi connectivity index (χ1) is 11.3. The number of hydrogen-bond acceptors (Lipinski definition) is 11. The van der Waals surface area contributed by atoms with Gasteiger partial charge in [0, 0.05) is 7.11 Å². The standard InChI is InChI=1S/C13H24O11/c1-21-10-7(17)5(3-15)22-12(20)11(10)24-13-9(19)8(18)6(16)4(2-14)23-13/h4-20H,2-3H2,1H3/t4-,5-,6-,7-,8+,9+,10+,11+,12-,13+/m1/s1. The van der Waals surface area contributed by atoms with Crippen molar-refractivity contribution in [2.45, 2.75) is 61.4 Å². The average molecular weight is 356 g/mol. The molecule has 0 bridgehead atoms. The molecule has 2 aliphatic rings. The summed E-state index contributed by atoms with van der Waals surface area (Å²) in [6.45, 7) is -1.21. The Morgan fingerprint density at radius 3 is 1.88 bits per heavy atom. The van der Waals surface area contributed by atoms with Crippen LogP contribution in [0.15, 0.2) is 0 Å². The lowest BCUT2D eigenvalue weighted by Gasteiger charge is -2.45. The van der Waals surface area contributed by atoms with Crippen LogP contribution >= 0.6 is 0 Å². The molecule has 2 rings (SSSR count). The fraction of sp³-hybridized carbons (Fsp3) is 1.00. The van der Waals surface area contributed by atoms with Crippen LogP contribution in [0.2, 0.25) is 0 Å². The van der Waals surface area contributed by atoms with Gasteiger partial charge in [-0.15, -0.1) is 0 Å². The minimum absolute atomic E-state index is 0.565. The molecule has 2 aliphatic heterocycles. The van der Waals surface area contributed by atoms with Crippen molar-refractivity contribution in [3.63, 3.8) is 0 Å². The van der Waals surface area contributed by atoms with E-state index >= 15 is 0 Å². The highest BCUT2D eigenvalue weighted by Gasteiger charge is 2.50. The summed E-state index contributed by atoms with van der Waals surface area (Å²) in [7, 11) is 1.24. The molecule has 0 aromatic heterocycles. The van der Waals surface area contributed by atoms with E-state index in [0.717, 1.165) is 0 Å². The summed E-state index contributed by atoms with van der Waals surface area (Å²) in [6, 6.07) is 0. The number of rotatable bonds is 5. The maximum absolute atomic E-state index is 10.1. The molecule has 24 heavy (non-hydrogen) atoms. The number of ether oxygens (including phenoxy) is 4. The summed E-state index contributed by atoms with van der Waals surface area (Å²) in [5.74, 6) is 0. The first kappa shape index (κ1) is 19.9. The quantitative estimate of drug-likeness (QED) is 0.251. The van der Waals surface area contributed by atoms with E-state index < -0.39 is 74.6 Å². The Kier molecular flexibility index (Phi) is 6.87. The molecule has 10 atom stereocenters. The van der Waals surface area contributed by atoms with E-state index in [0.29, 0.717) is 0 Å². The highest BCUT2D eigenvalue weighted by atomic mass is 16.7. The van der Waals surface area contributed by atoms with Crippen molar-refractivity contribution in [3.8, 4) is 0 Å². The van der Waals surface area contributed by atoms with E-state index in [1.165, 1.54) is 7.11 Å². The fourth-order valence-corrected chi connectivity index (χ4v) is 2.81. The van der Waals surface area contributed by atoms with Crippen LogP contribution in [0.25, 0.3) is 0 Å². The first-order valence-corrected chi connectivity index (χ1v) is 7.46. The van der Waals surface area contributed by atoms with Crippen molar-refractivity contribution in [2.24, 2.45) is 0 Å². The second-order valence-electron chi connectivity index (χ2n) is 5.74. The zero-order valence-electron chi connectivity index (χ0n) is 13.0. The molecule has 2 fully saturated rings. The molecule has 0 saturated carbocycles. The van der Waals surface area contributed by atoms with Crippen molar-refractivity contribution >= 4 is 0 Å². The van der Waals surface area contributed by atoms with Crippen molar-refractivity contribution in [1.29, 1.82) is 0 Å². The number of aliphatic hydroxyl groups is 7. The van der Waals surface area contributed by atoms with Crippen LogP contribution in [0, 0.1) is 0 Å². The lowest BCUT2D eigenvalue weighted by atomic mass is 9.97. The molecule has 2 heterocycles. The summed E-state index contributed by atoms with van der Waals surface area (Å²) in [5, 5.41) is 67.8. The largest absolute Gasteiger partial charge is 0.394 e. The predicted molar refractivity (Wildman–Crippen MR) is 73.4 cm³/mol. The van der Waals surface area contributed by atoms with Gasteiger partial charge in [0.25, 0.3) is 0 Å². The first-order valence-electron chi connectivity index (χ1n) is 7.46. The van der Waals surface area contributed by atoms with E-state index in [1.54, 1.807) is 0 Å². The van der Waals surface area contributed by atoms with E-state index in [4.69, 9.17) is 29.2 Å². The molecule has 0 spiro atoms. The van der Waals surface area contributed by atoms with Crippen LogP contribution < -0.4 is 0 Å². The monoisotopic (exact) mass is 356 g/mol. The SMILES string of the molecule is CO[C@H]1[C@H](O)[C@@H](CO)O[C@@H](O)[C@H]1O[C@@H]1O[C@H](CO)[C@@H](O)[C@H](O)[C@@H]1O. The van der Waals surface area contributed by atoms with Crippen LogP contribution in [0.4, 0.5) is 0 Å². The average Bonchev–Trinajstić information content (AvgIpc) is 2.58. The van der Waals surface area contributed by atoms with Gasteiger partial charge < -0.3 is 54.7 Å². The molecule has 0 radical (unpaired) electrons. The Morgan fingerprint density at radius 2 is 1.33 bits per heavy atom. The third-order valence-corrected chi connectivity index (χ3v) is 4.23. The Hall–Kier alpha value is -0.440. The lowest BCUT2D eigenvalue weighted by molar-refractivity contribution is -0.363. The fourth-order valence-electron chi connectivity index (χ4n) is 2.81. The van der Waals surface area contributed by atoms with Gasteiger partial charge in [-0.05, 0) is 0 Å². The van der Waals surface area contributed by atoms with Crippen LogP contribution in [-0.2, 0) is 18.9 Å². The van der Waals surface area contributed by atoms with Crippen LogP contribution in [0.1, 0.15) is 0 Å². The minimum atomic E-state index is -1.68. The van der Waals surface area contributed by atoms with E-state index in [9.17, 15) is 25.5 Å². The highest BCUT2D eigenvalue weighted by Crippen LogP contribution is 2.29. The Balaban J connectivity index is 2.12. The van der Waals surface area contributed by atoms with Gasteiger partial charge >= 0.3 is 0 Å². The Bertz CT molecular complexity index is 394. The maximum atomic E-state index is 10.1. The van der Waals surface area contributed by atoms with Gasteiger partial charge in [0.15, 0.2) is 12.6 Å². The molecule has 0 aliphatic carbocycles. The summed E-state index contributed by atoms with van der Waals surface area (Å²) in [5.41, 5.74) is 0. The molecule has 0 aromatic rings. The number of aliphatic hydroxyl groups excluding tert-OH is 7. The summed E-state index contributed by atoms with van der Waals surface area (Å²) in [4.78, 5) is 0. The summed E-state index contributed by atoms with van der Waals surface area (Å²) >= 11 is 0. The zero-order valence-corrected chi connectivity index (χ0v) is 13.0. The third kappa shape index (κ3) is 3.71. The van der Waals surface area contributed by atoms with Crippen molar-refractivity contribution in [2.75, 3.05) is 20.3 Å². The molecule has 2 saturated heterocycles. The van der Waals surface area contributed by atoms with Crippen molar-refractivity contribution in [1.82, 2.24) is 0 Å². The lowest BCUT2D eigenvalue weighted by Crippen LogP contribution is -2.64. The van der Waals surface area contributed by atoms with E-state index in [2.05, 4.69) is 0 Å². The maximum Gasteiger partial charge on any atom is 0.187 e. The number of hydrogen-bond donors (Lipinski definition) is 7. The van der Waals surface area contributed by atoms with Gasteiger partial charge in [0.1, 0.15) is 48.8 Å². The molecule has 11 heteroatoms.